The summed E-state index contributed by atoms with van der Waals surface area (Å²) in [5.41, 5.74) is 0.0243. The normalized spacial score (nSPS) is 11.2. The second kappa shape index (κ2) is 9.42. The molecule has 0 atom stereocenters. The van der Waals surface area contributed by atoms with Crippen LogP contribution in [0.4, 0.5) is 10.1 Å². The number of alkyl halides is 1. The van der Waals surface area contributed by atoms with Gasteiger partial charge in [0.25, 0.3) is 0 Å². The van der Waals surface area contributed by atoms with E-state index in [-0.39, 0.29) is 17.3 Å². The zero-order valence-corrected chi connectivity index (χ0v) is 12.8. The van der Waals surface area contributed by atoms with Gasteiger partial charge in [-0.05, 0) is 18.9 Å². The van der Waals surface area contributed by atoms with Crippen molar-refractivity contribution in [1.82, 2.24) is 4.72 Å². The third-order valence-electron chi connectivity index (χ3n) is 3.11. The molecule has 1 aromatic carbocycles. The van der Waals surface area contributed by atoms with Crippen LogP contribution in [-0.2, 0) is 10.0 Å². The topological polar surface area (TPSA) is 74.3 Å². The van der Waals surface area contributed by atoms with Gasteiger partial charge in [-0.15, -0.1) is 0 Å². The van der Waals surface area contributed by atoms with Gasteiger partial charge < -0.3 is 0 Å². The Morgan fingerprint density at radius 1 is 1.05 bits per heavy atom. The van der Waals surface area contributed by atoms with Crippen molar-refractivity contribution >= 4 is 15.7 Å². The lowest BCUT2D eigenvalue weighted by Gasteiger charge is -2.05. The summed E-state index contributed by atoms with van der Waals surface area (Å²) in [7, 11) is -3.66. The fourth-order valence-electron chi connectivity index (χ4n) is 1.98. The summed E-state index contributed by atoms with van der Waals surface area (Å²) in [5.74, 6) is 0. The SMILES string of the molecule is N#[N+]c1ccccc1S(=O)(=O)NCCCCCCCCF. The number of benzene rings is 1. The molecule has 0 radical (unpaired) electrons. The van der Waals surface area contributed by atoms with Crippen molar-refractivity contribution in [1.29, 1.82) is 5.39 Å². The van der Waals surface area contributed by atoms with Crippen LogP contribution in [0.2, 0.25) is 0 Å². The molecule has 0 aliphatic rings. The van der Waals surface area contributed by atoms with E-state index in [4.69, 9.17) is 5.39 Å². The van der Waals surface area contributed by atoms with Crippen LogP contribution in [0, 0.1) is 5.39 Å². The van der Waals surface area contributed by atoms with Gasteiger partial charge in [0.15, 0.2) is 9.87 Å². The second-order valence-electron chi connectivity index (χ2n) is 4.78. The van der Waals surface area contributed by atoms with E-state index in [9.17, 15) is 12.8 Å². The average Bonchev–Trinajstić information content (AvgIpc) is 2.50. The molecule has 1 aromatic rings. The minimum Gasteiger partial charge on any atom is -0.251 e. The first kappa shape index (κ1) is 17.5. The molecule has 0 amide bonds. The van der Waals surface area contributed by atoms with Crippen molar-refractivity contribution in [2.45, 2.75) is 43.4 Å². The van der Waals surface area contributed by atoms with Gasteiger partial charge in [-0.3, -0.25) is 4.39 Å². The van der Waals surface area contributed by atoms with Gasteiger partial charge in [0, 0.05) is 12.6 Å². The number of sulfonamides is 1. The minimum absolute atomic E-state index is 0.0243. The van der Waals surface area contributed by atoms with E-state index in [0.29, 0.717) is 13.0 Å². The molecule has 0 aromatic heterocycles. The molecule has 116 valence electrons. The predicted molar refractivity (Wildman–Crippen MR) is 80.1 cm³/mol. The second-order valence-corrected chi connectivity index (χ2v) is 6.51. The summed E-state index contributed by atoms with van der Waals surface area (Å²) in [4.78, 5) is 2.94. The molecule has 0 spiro atoms. The lowest BCUT2D eigenvalue weighted by Crippen LogP contribution is -2.24. The standard InChI is InChI=1S/C14H21FN3O2S/c15-11-7-3-1-2-4-8-12-17-21(19,20)14-10-6-5-9-13(14)18-16/h5-6,9-10,17H,1-4,7-8,11-12H2/q+1. The van der Waals surface area contributed by atoms with E-state index < -0.39 is 10.0 Å². The van der Waals surface area contributed by atoms with Crippen LogP contribution in [0.5, 0.6) is 0 Å². The molecule has 0 saturated carbocycles. The van der Waals surface area contributed by atoms with Crippen molar-refractivity contribution in [2.75, 3.05) is 13.2 Å². The van der Waals surface area contributed by atoms with Crippen molar-refractivity contribution in [3.8, 4) is 0 Å². The maximum atomic E-state index is 12.1. The largest absolute Gasteiger partial charge is 0.404 e. The lowest BCUT2D eigenvalue weighted by atomic mass is 10.1. The van der Waals surface area contributed by atoms with Gasteiger partial charge >= 0.3 is 5.69 Å². The first-order chi connectivity index (χ1) is 10.1. The third-order valence-corrected chi connectivity index (χ3v) is 4.62. The Balaban J connectivity index is 2.36. The number of nitrogens with zero attached hydrogens (tertiary/aromatic N) is 2. The van der Waals surface area contributed by atoms with Crippen molar-refractivity contribution < 1.29 is 12.8 Å². The number of hydrogen-bond donors (Lipinski definition) is 1. The number of hydrogen-bond acceptors (Lipinski definition) is 3. The minimum atomic E-state index is -3.66. The zero-order chi connectivity index (χ0) is 15.6. The van der Waals surface area contributed by atoms with Crippen LogP contribution in [0.15, 0.2) is 29.2 Å². The summed E-state index contributed by atoms with van der Waals surface area (Å²) in [6.07, 6.45) is 5.07. The van der Waals surface area contributed by atoms with Gasteiger partial charge in [-0.1, -0.05) is 37.8 Å². The summed E-state index contributed by atoms with van der Waals surface area (Å²) in [5, 5.41) is 8.80. The van der Waals surface area contributed by atoms with Crippen LogP contribution in [0.3, 0.4) is 0 Å². The van der Waals surface area contributed by atoms with Crippen LogP contribution in [0.1, 0.15) is 38.5 Å². The molecule has 5 nitrogen and oxygen atoms in total. The van der Waals surface area contributed by atoms with E-state index in [1.165, 1.54) is 12.1 Å². The molecule has 0 heterocycles. The van der Waals surface area contributed by atoms with Crippen LogP contribution >= 0.6 is 0 Å². The predicted octanol–water partition coefficient (Wildman–Crippen LogP) is 3.76. The number of rotatable bonds is 10. The smallest absolute Gasteiger partial charge is 0.251 e. The van der Waals surface area contributed by atoms with Crippen LogP contribution < -0.4 is 4.72 Å². The van der Waals surface area contributed by atoms with E-state index in [0.717, 1.165) is 32.1 Å². The highest BCUT2D eigenvalue weighted by Crippen LogP contribution is 2.23. The number of halogens is 1. The molecule has 1 N–H and O–H groups in total. The molecule has 0 fully saturated rings. The molecule has 1 rings (SSSR count). The van der Waals surface area contributed by atoms with Gasteiger partial charge in [0.1, 0.15) is 0 Å². The molecule has 7 heteroatoms. The van der Waals surface area contributed by atoms with Gasteiger partial charge in [0.2, 0.25) is 15.4 Å². The highest BCUT2D eigenvalue weighted by molar-refractivity contribution is 7.89. The van der Waals surface area contributed by atoms with E-state index >= 15 is 0 Å². The molecular weight excluding hydrogens is 293 g/mol. The highest BCUT2D eigenvalue weighted by Gasteiger charge is 2.24. The molecular formula is C14H21FN3O2S+. The van der Waals surface area contributed by atoms with Crippen molar-refractivity contribution in [3.05, 3.63) is 29.2 Å². The summed E-state index contributed by atoms with van der Waals surface area (Å²) in [6.45, 7) is 0.0698. The van der Waals surface area contributed by atoms with Crippen LogP contribution in [-0.4, -0.2) is 21.6 Å². The lowest BCUT2D eigenvalue weighted by molar-refractivity contribution is 0.450. The monoisotopic (exact) mass is 314 g/mol. The zero-order valence-electron chi connectivity index (χ0n) is 12.0. The molecule has 0 aliphatic heterocycles. The Hall–Kier alpha value is -1.52. The number of diazo groups is 1. The Labute approximate surface area is 125 Å². The maximum Gasteiger partial charge on any atom is 0.404 e. The maximum absolute atomic E-state index is 12.1. The average molecular weight is 314 g/mol. The van der Waals surface area contributed by atoms with Crippen LogP contribution in [0.25, 0.3) is 4.98 Å². The highest BCUT2D eigenvalue weighted by atomic mass is 32.2. The van der Waals surface area contributed by atoms with Gasteiger partial charge in [0.05, 0.1) is 6.67 Å². The molecule has 21 heavy (non-hydrogen) atoms. The fourth-order valence-corrected chi connectivity index (χ4v) is 3.19. The van der Waals surface area contributed by atoms with E-state index in [1.807, 2.05) is 0 Å². The van der Waals surface area contributed by atoms with Gasteiger partial charge in [-0.25, -0.2) is 13.1 Å². The fraction of sp³-hybridized carbons (Fsp3) is 0.571. The Morgan fingerprint density at radius 3 is 2.33 bits per heavy atom. The summed E-state index contributed by atoms with van der Waals surface area (Å²) < 4.78 is 38.5. The summed E-state index contributed by atoms with van der Waals surface area (Å²) in [6, 6.07) is 6.01. The Kier molecular flexibility index (Phi) is 7.87. The Bertz CT molecular complexity index is 570. The molecule has 0 bridgehead atoms. The number of unbranched alkanes of at least 4 members (excludes halogenated alkanes) is 5. The molecule has 0 aliphatic carbocycles. The van der Waals surface area contributed by atoms with E-state index in [1.54, 1.807) is 12.1 Å². The molecule has 0 saturated heterocycles. The van der Waals surface area contributed by atoms with Gasteiger partial charge in [-0.2, -0.15) is 0 Å². The quantitative estimate of drug-likeness (QED) is 0.528. The number of nitrogens with one attached hydrogen (secondary N) is 1. The first-order valence-corrected chi connectivity index (χ1v) is 8.60. The first-order valence-electron chi connectivity index (χ1n) is 7.11. The van der Waals surface area contributed by atoms with Crippen molar-refractivity contribution in [2.24, 2.45) is 0 Å². The Morgan fingerprint density at radius 2 is 1.67 bits per heavy atom. The van der Waals surface area contributed by atoms with Crippen molar-refractivity contribution in [3.63, 3.8) is 0 Å². The summed E-state index contributed by atoms with van der Waals surface area (Å²) >= 11 is 0. The van der Waals surface area contributed by atoms with E-state index in [2.05, 4.69) is 9.70 Å². The third kappa shape index (κ3) is 6.19. The molecule has 0 unspecified atom stereocenters.